The Bertz CT molecular complexity index is 1470. The molecule has 0 saturated heterocycles. The monoisotopic (exact) mass is 484 g/mol. The van der Waals surface area contributed by atoms with Crippen molar-refractivity contribution in [3.63, 3.8) is 0 Å². The minimum absolute atomic E-state index is 0.183. The van der Waals surface area contributed by atoms with Crippen LogP contribution in [-0.2, 0) is 12.5 Å². The van der Waals surface area contributed by atoms with Crippen LogP contribution < -0.4 is 16.4 Å². The van der Waals surface area contributed by atoms with E-state index in [9.17, 15) is 9.59 Å². The molecule has 0 atom stereocenters. The number of carbonyl (C=O) groups is 2. The number of primary amides is 2. The molecule has 3 amide bonds. The van der Waals surface area contributed by atoms with Crippen LogP contribution in [0.5, 0.6) is 0 Å². The van der Waals surface area contributed by atoms with E-state index in [0.29, 0.717) is 22.9 Å². The standard InChI is InChI=1S/C26H28N8O2/c1-15-6-7-16(18-10-12-29-24(30-18)26(2,3)4)14-20(15)34(25(28)36)21-9-8-17(23(27)35)22(31-21)19-11-13-33(5)32-19/h6-14H,1-5H3,(H2,27,35)(H2,28,36). The first-order valence-corrected chi connectivity index (χ1v) is 11.3. The maximum Gasteiger partial charge on any atom is 0.325 e. The molecule has 0 spiro atoms. The van der Waals surface area contributed by atoms with Crippen molar-refractivity contribution in [3.05, 3.63) is 71.8 Å². The molecule has 0 saturated carbocycles. The summed E-state index contributed by atoms with van der Waals surface area (Å²) in [4.78, 5) is 39.8. The Morgan fingerprint density at radius 3 is 2.33 bits per heavy atom. The van der Waals surface area contributed by atoms with Gasteiger partial charge in [0.05, 0.1) is 16.9 Å². The second-order valence-electron chi connectivity index (χ2n) is 9.49. The Hall–Kier alpha value is -4.60. The molecular formula is C26H28N8O2. The minimum Gasteiger partial charge on any atom is -0.366 e. The number of amides is 3. The molecule has 3 heterocycles. The number of hydrogen-bond acceptors (Lipinski definition) is 6. The first-order valence-electron chi connectivity index (χ1n) is 11.3. The number of anilines is 2. The summed E-state index contributed by atoms with van der Waals surface area (Å²) in [6.07, 6.45) is 3.44. The van der Waals surface area contributed by atoms with E-state index in [0.717, 1.165) is 11.1 Å². The van der Waals surface area contributed by atoms with Crippen molar-refractivity contribution in [3.8, 4) is 22.6 Å². The van der Waals surface area contributed by atoms with Gasteiger partial charge < -0.3 is 11.5 Å². The molecule has 10 nitrogen and oxygen atoms in total. The summed E-state index contributed by atoms with van der Waals surface area (Å²) in [5, 5.41) is 4.34. The molecule has 10 heteroatoms. The molecule has 1 aromatic carbocycles. The van der Waals surface area contributed by atoms with E-state index < -0.39 is 11.9 Å². The number of hydrogen-bond donors (Lipinski definition) is 2. The molecule has 36 heavy (non-hydrogen) atoms. The fourth-order valence-corrected chi connectivity index (χ4v) is 3.75. The van der Waals surface area contributed by atoms with Crippen molar-refractivity contribution in [1.82, 2.24) is 24.7 Å². The maximum atomic E-state index is 12.7. The highest BCUT2D eigenvalue weighted by molar-refractivity contribution is 6.02. The number of benzene rings is 1. The molecule has 0 fully saturated rings. The summed E-state index contributed by atoms with van der Waals surface area (Å²) in [6.45, 7) is 8.00. The molecular weight excluding hydrogens is 456 g/mol. The van der Waals surface area contributed by atoms with E-state index in [2.05, 4.69) is 15.1 Å². The second kappa shape index (κ2) is 9.21. The van der Waals surface area contributed by atoms with Gasteiger partial charge in [0.25, 0.3) is 5.91 Å². The molecule has 0 aliphatic heterocycles. The number of pyridine rings is 1. The van der Waals surface area contributed by atoms with Crippen molar-refractivity contribution < 1.29 is 9.59 Å². The number of aryl methyl sites for hydroxylation is 2. The largest absolute Gasteiger partial charge is 0.366 e. The predicted octanol–water partition coefficient (Wildman–Crippen LogP) is 3.86. The van der Waals surface area contributed by atoms with Crippen molar-refractivity contribution in [1.29, 1.82) is 0 Å². The molecule has 0 aliphatic carbocycles. The summed E-state index contributed by atoms with van der Waals surface area (Å²) in [5.74, 6) is 0.279. The van der Waals surface area contributed by atoms with Gasteiger partial charge in [0.2, 0.25) is 0 Å². The summed E-state index contributed by atoms with van der Waals surface area (Å²) >= 11 is 0. The van der Waals surface area contributed by atoms with Gasteiger partial charge in [0.15, 0.2) is 0 Å². The van der Waals surface area contributed by atoms with Crippen LogP contribution in [0.15, 0.2) is 54.9 Å². The van der Waals surface area contributed by atoms with Gasteiger partial charge in [-0.05, 0) is 42.8 Å². The summed E-state index contributed by atoms with van der Waals surface area (Å²) in [5.41, 5.74) is 14.9. The Morgan fingerprint density at radius 1 is 0.972 bits per heavy atom. The second-order valence-corrected chi connectivity index (χ2v) is 9.49. The van der Waals surface area contributed by atoms with Gasteiger partial charge in [-0.3, -0.25) is 9.48 Å². The molecule has 0 aliphatic rings. The van der Waals surface area contributed by atoms with Crippen LogP contribution in [0.3, 0.4) is 0 Å². The lowest BCUT2D eigenvalue weighted by atomic mass is 9.95. The van der Waals surface area contributed by atoms with Gasteiger partial charge in [-0.2, -0.15) is 5.10 Å². The SMILES string of the molecule is Cc1ccc(-c2ccnc(C(C)(C)C)n2)cc1N(C(N)=O)c1ccc(C(N)=O)c(-c2ccn(C)n2)n1. The normalized spacial score (nSPS) is 11.4. The average molecular weight is 485 g/mol. The quantitative estimate of drug-likeness (QED) is 0.440. The molecule has 0 radical (unpaired) electrons. The molecule has 3 aromatic heterocycles. The summed E-state index contributed by atoms with van der Waals surface area (Å²) in [6, 6.07) is 11.5. The zero-order chi connectivity index (χ0) is 26.2. The molecule has 0 bridgehead atoms. The van der Waals surface area contributed by atoms with Crippen molar-refractivity contribution in [2.24, 2.45) is 18.5 Å². The topological polar surface area (TPSA) is 146 Å². The van der Waals surface area contributed by atoms with Crippen LogP contribution in [0.2, 0.25) is 0 Å². The van der Waals surface area contributed by atoms with Crippen LogP contribution in [0.4, 0.5) is 16.3 Å². The van der Waals surface area contributed by atoms with E-state index in [-0.39, 0.29) is 22.5 Å². The van der Waals surface area contributed by atoms with Gasteiger partial charge in [0.1, 0.15) is 23.0 Å². The zero-order valence-corrected chi connectivity index (χ0v) is 20.9. The lowest BCUT2D eigenvalue weighted by Gasteiger charge is -2.23. The Labute approximate surface area is 209 Å². The maximum absolute atomic E-state index is 12.7. The molecule has 4 rings (SSSR count). The van der Waals surface area contributed by atoms with Crippen LogP contribution in [0, 0.1) is 6.92 Å². The van der Waals surface area contributed by atoms with E-state index in [4.69, 9.17) is 16.5 Å². The highest BCUT2D eigenvalue weighted by atomic mass is 16.2. The number of carbonyl (C=O) groups excluding carboxylic acids is 2. The number of urea groups is 1. The number of rotatable bonds is 5. The molecule has 4 aromatic rings. The number of aromatic nitrogens is 5. The summed E-state index contributed by atoms with van der Waals surface area (Å²) < 4.78 is 1.58. The third kappa shape index (κ3) is 4.78. The van der Waals surface area contributed by atoms with Gasteiger partial charge >= 0.3 is 6.03 Å². The van der Waals surface area contributed by atoms with Crippen molar-refractivity contribution >= 4 is 23.4 Å². The molecule has 4 N–H and O–H groups in total. The van der Waals surface area contributed by atoms with Gasteiger partial charge in [-0.1, -0.05) is 32.9 Å². The first-order chi connectivity index (χ1) is 17.0. The van der Waals surface area contributed by atoms with Gasteiger partial charge in [0, 0.05) is 30.4 Å². The third-order valence-corrected chi connectivity index (χ3v) is 5.62. The predicted molar refractivity (Wildman–Crippen MR) is 138 cm³/mol. The minimum atomic E-state index is -0.736. The Kier molecular flexibility index (Phi) is 6.28. The molecule has 0 unspecified atom stereocenters. The van der Waals surface area contributed by atoms with Crippen LogP contribution in [0.1, 0.15) is 42.5 Å². The zero-order valence-electron chi connectivity index (χ0n) is 20.9. The molecule has 184 valence electrons. The Balaban J connectivity index is 1.85. The average Bonchev–Trinajstić information content (AvgIpc) is 3.25. The van der Waals surface area contributed by atoms with E-state index in [1.54, 1.807) is 30.2 Å². The smallest absolute Gasteiger partial charge is 0.325 e. The van der Waals surface area contributed by atoms with Crippen molar-refractivity contribution in [2.45, 2.75) is 33.1 Å². The lowest BCUT2D eigenvalue weighted by Crippen LogP contribution is -2.33. The Morgan fingerprint density at radius 2 is 1.72 bits per heavy atom. The van der Waals surface area contributed by atoms with Crippen LogP contribution in [0.25, 0.3) is 22.6 Å². The fraction of sp³-hybridized carbons (Fsp3) is 0.231. The number of nitrogens with zero attached hydrogens (tertiary/aromatic N) is 6. The highest BCUT2D eigenvalue weighted by Crippen LogP contribution is 2.33. The van der Waals surface area contributed by atoms with E-state index in [1.807, 2.05) is 52.0 Å². The highest BCUT2D eigenvalue weighted by Gasteiger charge is 2.24. The number of nitrogens with two attached hydrogens (primary N) is 2. The van der Waals surface area contributed by atoms with Gasteiger partial charge in [-0.15, -0.1) is 0 Å². The third-order valence-electron chi connectivity index (χ3n) is 5.62. The fourth-order valence-electron chi connectivity index (χ4n) is 3.75. The lowest BCUT2D eigenvalue weighted by molar-refractivity contribution is 0.100. The van der Waals surface area contributed by atoms with E-state index in [1.165, 1.54) is 17.0 Å². The van der Waals surface area contributed by atoms with E-state index >= 15 is 0 Å². The van der Waals surface area contributed by atoms with Crippen LogP contribution in [-0.4, -0.2) is 36.7 Å². The summed E-state index contributed by atoms with van der Waals surface area (Å²) in [7, 11) is 1.75. The van der Waals surface area contributed by atoms with Crippen LogP contribution >= 0.6 is 0 Å². The van der Waals surface area contributed by atoms with Gasteiger partial charge in [-0.25, -0.2) is 24.6 Å². The van der Waals surface area contributed by atoms with Crippen molar-refractivity contribution in [2.75, 3.05) is 4.90 Å². The first kappa shape index (κ1) is 24.5.